The minimum absolute atomic E-state index is 0.0193. The predicted molar refractivity (Wildman–Crippen MR) is 116 cm³/mol. The van der Waals surface area contributed by atoms with Crippen LogP contribution in [0.2, 0.25) is 0 Å². The van der Waals surface area contributed by atoms with Crippen LogP contribution in [0.1, 0.15) is 43.0 Å². The van der Waals surface area contributed by atoms with E-state index in [0.717, 1.165) is 49.0 Å². The van der Waals surface area contributed by atoms with E-state index < -0.39 is 0 Å². The Bertz CT molecular complexity index is 963. The van der Waals surface area contributed by atoms with Gasteiger partial charge in [0.15, 0.2) is 5.16 Å². The van der Waals surface area contributed by atoms with Gasteiger partial charge in [0.05, 0.1) is 11.1 Å². The smallest absolute Gasteiger partial charge is 0.263 e. The molecule has 1 fully saturated rings. The zero-order valence-corrected chi connectivity index (χ0v) is 18.0. The summed E-state index contributed by atoms with van der Waals surface area (Å²) in [5.74, 6) is 1.03. The van der Waals surface area contributed by atoms with Gasteiger partial charge in [0.1, 0.15) is 4.83 Å². The number of carbonyl (C=O) groups excluding carboxylic acids is 1. The average molecular weight is 418 g/mol. The number of thioether (sulfide) groups is 1. The van der Waals surface area contributed by atoms with Crippen molar-refractivity contribution >= 4 is 39.2 Å². The van der Waals surface area contributed by atoms with Crippen molar-refractivity contribution in [1.82, 2.24) is 14.5 Å². The number of allylic oxidation sites excluding steroid dienone is 1. The number of likely N-dealkylation sites (tertiary alicyclic amines) is 1. The molecule has 7 heteroatoms. The summed E-state index contributed by atoms with van der Waals surface area (Å²) in [5, 5.41) is 1.43. The number of nitrogens with zero attached hydrogens (tertiary/aromatic N) is 3. The minimum Gasteiger partial charge on any atom is -0.342 e. The van der Waals surface area contributed by atoms with Gasteiger partial charge in [-0.15, -0.1) is 17.9 Å². The molecule has 0 aromatic carbocycles. The lowest BCUT2D eigenvalue weighted by Crippen LogP contribution is -2.40. The molecule has 2 aliphatic rings. The summed E-state index contributed by atoms with van der Waals surface area (Å²) in [6.07, 6.45) is 8.33. The predicted octanol–water partition coefficient (Wildman–Crippen LogP) is 3.87. The summed E-state index contributed by atoms with van der Waals surface area (Å²) >= 11 is 3.04. The third-order valence-corrected chi connectivity index (χ3v) is 7.83. The molecule has 0 spiro atoms. The summed E-state index contributed by atoms with van der Waals surface area (Å²) in [6, 6.07) is 0. The molecule has 5 nitrogen and oxygen atoms in total. The van der Waals surface area contributed by atoms with Gasteiger partial charge >= 0.3 is 0 Å². The van der Waals surface area contributed by atoms with Crippen LogP contribution in [-0.2, 0) is 24.2 Å². The highest BCUT2D eigenvalue weighted by Gasteiger charge is 2.24. The number of aromatic nitrogens is 2. The van der Waals surface area contributed by atoms with Crippen molar-refractivity contribution in [3.8, 4) is 0 Å². The highest BCUT2D eigenvalue weighted by molar-refractivity contribution is 7.99. The summed E-state index contributed by atoms with van der Waals surface area (Å²) in [7, 11) is 0. The molecule has 1 unspecified atom stereocenters. The fourth-order valence-corrected chi connectivity index (χ4v) is 6.47. The zero-order chi connectivity index (χ0) is 19.7. The van der Waals surface area contributed by atoms with Gasteiger partial charge in [-0.25, -0.2) is 4.98 Å². The first-order valence-electron chi connectivity index (χ1n) is 10.1. The topological polar surface area (TPSA) is 55.2 Å². The summed E-state index contributed by atoms with van der Waals surface area (Å²) < 4.78 is 1.69. The Morgan fingerprint density at radius 1 is 1.36 bits per heavy atom. The zero-order valence-electron chi connectivity index (χ0n) is 16.4. The number of amides is 1. The van der Waals surface area contributed by atoms with Crippen LogP contribution in [0, 0.1) is 5.92 Å². The minimum atomic E-state index is 0.0193. The normalized spacial score (nSPS) is 19.6. The van der Waals surface area contributed by atoms with E-state index in [9.17, 15) is 9.59 Å². The van der Waals surface area contributed by atoms with Gasteiger partial charge in [0.25, 0.3) is 5.56 Å². The number of aryl methyl sites for hydroxylation is 2. The molecule has 4 rings (SSSR count). The average Bonchev–Trinajstić information content (AvgIpc) is 3.07. The molecule has 1 aliphatic heterocycles. The van der Waals surface area contributed by atoms with E-state index in [1.165, 1.54) is 35.0 Å². The summed E-state index contributed by atoms with van der Waals surface area (Å²) in [5.41, 5.74) is 1.22. The molecule has 28 heavy (non-hydrogen) atoms. The van der Waals surface area contributed by atoms with Crippen molar-refractivity contribution in [1.29, 1.82) is 0 Å². The molecule has 0 saturated carbocycles. The number of rotatable bonds is 5. The van der Waals surface area contributed by atoms with E-state index in [-0.39, 0.29) is 11.5 Å². The second-order valence-corrected chi connectivity index (χ2v) is 9.89. The number of carbonyl (C=O) groups is 1. The van der Waals surface area contributed by atoms with Crippen molar-refractivity contribution in [3.63, 3.8) is 0 Å². The van der Waals surface area contributed by atoms with Crippen LogP contribution in [0.4, 0.5) is 0 Å². The summed E-state index contributed by atoms with van der Waals surface area (Å²) in [4.78, 5) is 34.8. The van der Waals surface area contributed by atoms with Crippen molar-refractivity contribution in [2.24, 2.45) is 5.92 Å². The van der Waals surface area contributed by atoms with Crippen LogP contribution in [0.25, 0.3) is 10.2 Å². The van der Waals surface area contributed by atoms with Crippen LogP contribution < -0.4 is 5.56 Å². The first-order chi connectivity index (χ1) is 13.6. The molecule has 0 radical (unpaired) electrons. The quantitative estimate of drug-likeness (QED) is 0.421. The monoisotopic (exact) mass is 417 g/mol. The van der Waals surface area contributed by atoms with Crippen molar-refractivity contribution in [2.75, 3.05) is 18.8 Å². The maximum atomic E-state index is 13.2. The fraction of sp³-hybridized carbons (Fsp3) is 0.571. The van der Waals surface area contributed by atoms with E-state index in [4.69, 9.17) is 4.98 Å². The summed E-state index contributed by atoms with van der Waals surface area (Å²) in [6.45, 7) is 8.10. The first-order valence-corrected chi connectivity index (χ1v) is 11.9. The number of piperidine rings is 1. The fourth-order valence-electron chi connectivity index (χ4n) is 4.25. The van der Waals surface area contributed by atoms with E-state index in [2.05, 4.69) is 13.5 Å². The maximum Gasteiger partial charge on any atom is 0.263 e. The number of hydrogen-bond donors (Lipinski definition) is 0. The Morgan fingerprint density at radius 3 is 2.96 bits per heavy atom. The Morgan fingerprint density at radius 2 is 2.18 bits per heavy atom. The van der Waals surface area contributed by atoms with Gasteiger partial charge in [-0.2, -0.15) is 0 Å². The highest BCUT2D eigenvalue weighted by atomic mass is 32.2. The van der Waals surface area contributed by atoms with E-state index in [0.29, 0.717) is 23.4 Å². The van der Waals surface area contributed by atoms with Crippen LogP contribution in [0.5, 0.6) is 0 Å². The second-order valence-electron chi connectivity index (χ2n) is 7.87. The van der Waals surface area contributed by atoms with Crippen molar-refractivity contribution in [2.45, 2.75) is 57.1 Å². The lowest BCUT2D eigenvalue weighted by Gasteiger charge is -2.30. The lowest BCUT2D eigenvalue weighted by atomic mass is 9.97. The van der Waals surface area contributed by atoms with Crippen LogP contribution in [0.3, 0.4) is 0 Å². The molecular formula is C21H27N3O2S2. The third kappa shape index (κ3) is 3.79. The molecule has 1 saturated heterocycles. The molecule has 3 heterocycles. The first kappa shape index (κ1) is 19.7. The maximum absolute atomic E-state index is 13.2. The van der Waals surface area contributed by atoms with Crippen molar-refractivity contribution < 1.29 is 4.79 Å². The van der Waals surface area contributed by atoms with Gasteiger partial charge in [-0.3, -0.25) is 14.2 Å². The Kier molecular flexibility index (Phi) is 5.92. The molecule has 1 atom stereocenters. The van der Waals surface area contributed by atoms with Gasteiger partial charge in [-0.05, 0) is 50.0 Å². The van der Waals surface area contributed by atoms with E-state index in [1.807, 2.05) is 4.90 Å². The largest absolute Gasteiger partial charge is 0.342 e. The van der Waals surface area contributed by atoms with Crippen LogP contribution in [0.15, 0.2) is 22.6 Å². The molecule has 0 N–H and O–H groups in total. The van der Waals surface area contributed by atoms with Gasteiger partial charge < -0.3 is 4.90 Å². The molecule has 150 valence electrons. The van der Waals surface area contributed by atoms with Crippen molar-refractivity contribution in [3.05, 3.63) is 33.4 Å². The molecular weight excluding hydrogens is 390 g/mol. The third-order valence-electron chi connectivity index (χ3n) is 5.69. The van der Waals surface area contributed by atoms with Crippen LogP contribution in [-0.4, -0.2) is 39.2 Å². The van der Waals surface area contributed by atoms with Gasteiger partial charge in [0, 0.05) is 24.5 Å². The molecule has 2 aromatic heterocycles. The Hall–Kier alpha value is -1.60. The van der Waals surface area contributed by atoms with Gasteiger partial charge in [-0.1, -0.05) is 24.8 Å². The molecule has 1 aliphatic carbocycles. The van der Waals surface area contributed by atoms with E-state index >= 15 is 0 Å². The molecule has 0 bridgehead atoms. The number of fused-ring (bicyclic) bond motifs is 3. The number of thiophene rings is 1. The van der Waals surface area contributed by atoms with E-state index in [1.54, 1.807) is 22.0 Å². The second kappa shape index (κ2) is 8.41. The Labute approximate surface area is 173 Å². The molecule has 2 aromatic rings. The standard InChI is InChI=1S/C21H27N3O2S2/c1-3-10-24-20(26)18-15-8-4-5-9-16(15)28-19(18)22-21(24)27-13-17(25)23-11-6-7-14(2)12-23/h3,14H,1,4-13H2,2H3. The SMILES string of the molecule is C=CCn1c(SCC(=O)N2CCCC(C)C2)nc2sc3c(c2c1=O)CCCC3. The van der Waals surface area contributed by atoms with Gasteiger partial charge in [0.2, 0.25) is 5.91 Å². The van der Waals surface area contributed by atoms with Crippen LogP contribution >= 0.6 is 23.1 Å². The lowest BCUT2D eigenvalue weighted by molar-refractivity contribution is -0.130. The molecule has 1 amide bonds. The Balaban J connectivity index is 1.62. The highest BCUT2D eigenvalue weighted by Crippen LogP contribution is 2.34. The number of hydrogen-bond acceptors (Lipinski definition) is 5.